The van der Waals surface area contributed by atoms with Crippen molar-refractivity contribution in [2.75, 3.05) is 11.9 Å². The van der Waals surface area contributed by atoms with Gasteiger partial charge in [0.05, 0.1) is 0 Å². The monoisotopic (exact) mass is 278 g/mol. The Labute approximate surface area is 119 Å². The van der Waals surface area contributed by atoms with Crippen LogP contribution in [0.1, 0.15) is 43.0 Å². The molecule has 1 aromatic carbocycles. The summed E-state index contributed by atoms with van der Waals surface area (Å²) in [6.07, 6.45) is 2.86. The Morgan fingerprint density at radius 3 is 2.40 bits per heavy atom. The number of carboxylic acid groups (broad SMARTS) is 1. The minimum absolute atomic E-state index is 0.228. The van der Waals surface area contributed by atoms with E-state index in [0.717, 1.165) is 25.1 Å². The maximum Gasteiger partial charge on any atom is 0.303 e. The van der Waals surface area contributed by atoms with E-state index < -0.39 is 11.9 Å². The van der Waals surface area contributed by atoms with Crippen LogP contribution in [0.3, 0.4) is 0 Å². The van der Waals surface area contributed by atoms with Gasteiger partial charge in [0.1, 0.15) is 0 Å². The quantitative estimate of drug-likeness (QED) is 0.647. The second kappa shape index (κ2) is 8.19. The van der Waals surface area contributed by atoms with Crippen LogP contribution in [0.4, 0.5) is 5.69 Å². The predicted molar refractivity (Wildman–Crippen MR) is 78.7 cm³/mol. The zero-order chi connectivity index (χ0) is 15.0. The topological polar surface area (TPSA) is 92.4 Å². The number of benzene rings is 1. The fourth-order valence-electron chi connectivity index (χ4n) is 2.05. The van der Waals surface area contributed by atoms with Gasteiger partial charge in [0.25, 0.3) is 0 Å². The summed E-state index contributed by atoms with van der Waals surface area (Å²) in [4.78, 5) is 21.5. The Kier molecular flexibility index (Phi) is 6.56. The van der Waals surface area contributed by atoms with Crippen LogP contribution >= 0.6 is 0 Å². The summed E-state index contributed by atoms with van der Waals surface area (Å²) < 4.78 is 0. The fraction of sp³-hybridized carbons (Fsp3) is 0.467. The van der Waals surface area contributed by atoms with E-state index >= 15 is 0 Å². The number of hydrogen-bond donors (Lipinski definition) is 3. The molecular weight excluding hydrogens is 256 g/mol. The van der Waals surface area contributed by atoms with E-state index in [4.69, 9.17) is 10.8 Å². The second-order valence-electron chi connectivity index (χ2n) is 4.86. The van der Waals surface area contributed by atoms with Gasteiger partial charge in [0, 0.05) is 24.2 Å². The molecule has 5 heteroatoms. The largest absolute Gasteiger partial charge is 0.481 e. The number of nitrogens with two attached hydrogens (primary N) is 1. The van der Waals surface area contributed by atoms with E-state index in [1.54, 1.807) is 12.1 Å². The Morgan fingerprint density at radius 2 is 1.90 bits per heavy atom. The van der Waals surface area contributed by atoms with Gasteiger partial charge in [-0.2, -0.15) is 0 Å². The van der Waals surface area contributed by atoms with Crippen molar-refractivity contribution in [2.24, 2.45) is 11.7 Å². The summed E-state index contributed by atoms with van der Waals surface area (Å²) in [7, 11) is 0. The molecule has 0 saturated heterocycles. The zero-order valence-corrected chi connectivity index (χ0v) is 11.8. The van der Waals surface area contributed by atoms with E-state index in [-0.39, 0.29) is 6.42 Å². The van der Waals surface area contributed by atoms with Crippen molar-refractivity contribution in [2.45, 2.75) is 32.6 Å². The minimum atomic E-state index is -0.738. The maximum absolute atomic E-state index is 10.9. The fourth-order valence-corrected chi connectivity index (χ4v) is 2.05. The number of carbonyl (C=O) groups is 2. The van der Waals surface area contributed by atoms with E-state index in [0.29, 0.717) is 17.9 Å². The summed E-state index contributed by atoms with van der Waals surface area (Å²) in [5.74, 6) is -0.752. The third-order valence-electron chi connectivity index (χ3n) is 3.39. The Morgan fingerprint density at radius 1 is 1.25 bits per heavy atom. The molecule has 110 valence electrons. The first-order valence-electron chi connectivity index (χ1n) is 6.88. The molecule has 0 bridgehead atoms. The molecule has 1 amide bonds. The number of nitrogens with one attached hydrogen (secondary N) is 1. The predicted octanol–water partition coefficient (Wildman–Crippen LogP) is 2.48. The number of carboxylic acids is 1. The molecular formula is C15H22N2O3. The van der Waals surface area contributed by atoms with Gasteiger partial charge in [-0.3, -0.25) is 9.59 Å². The smallest absolute Gasteiger partial charge is 0.303 e. The molecule has 0 heterocycles. The van der Waals surface area contributed by atoms with Gasteiger partial charge >= 0.3 is 5.97 Å². The number of rotatable bonds is 9. The third kappa shape index (κ3) is 5.73. The van der Waals surface area contributed by atoms with E-state index in [1.807, 2.05) is 12.1 Å². The Bertz CT molecular complexity index is 443. The first-order valence-corrected chi connectivity index (χ1v) is 6.88. The standard InChI is InChI=1S/C15H22N2O3/c1-2-11(3-8-14(18)19)9-10-17-13-6-4-12(5-7-13)15(16)20/h4-7,11,17H,2-3,8-10H2,1H3,(H2,16,20)(H,18,19). The summed E-state index contributed by atoms with van der Waals surface area (Å²) in [5.41, 5.74) is 6.59. The van der Waals surface area contributed by atoms with Crippen LogP contribution in [0.5, 0.6) is 0 Å². The Hall–Kier alpha value is -2.04. The van der Waals surface area contributed by atoms with Gasteiger partial charge in [-0.1, -0.05) is 13.3 Å². The second-order valence-corrected chi connectivity index (χ2v) is 4.86. The lowest BCUT2D eigenvalue weighted by molar-refractivity contribution is -0.137. The molecule has 20 heavy (non-hydrogen) atoms. The van der Waals surface area contributed by atoms with Crippen molar-refractivity contribution in [1.29, 1.82) is 0 Å². The molecule has 1 unspecified atom stereocenters. The number of hydrogen-bond acceptors (Lipinski definition) is 3. The van der Waals surface area contributed by atoms with Crippen LogP contribution in [-0.4, -0.2) is 23.5 Å². The molecule has 1 atom stereocenters. The molecule has 4 N–H and O–H groups in total. The van der Waals surface area contributed by atoms with Gasteiger partial charge in [-0.15, -0.1) is 0 Å². The number of primary amides is 1. The highest BCUT2D eigenvalue weighted by Gasteiger charge is 2.08. The highest BCUT2D eigenvalue weighted by Crippen LogP contribution is 2.16. The third-order valence-corrected chi connectivity index (χ3v) is 3.39. The number of carbonyl (C=O) groups excluding carboxylic acids is 1. The molecule has 0 radical (unpaired) electrons. The van der Waals surface area contributed by atoms with Gasteiger partial charge in [-0.05, 0) is 43.0 Å². The van der Waals surface area contributed by atoms with E-state index in [9.17, 15) is 9.59 Å². The lowest BCUT2D eigenvalue weighted by Crippen LogP contribution is -2.12. The van der Waals surface area contributed by atoms with Crippen LogP contribution in [0, 0.1) is 5.92 Å². The van der Waals surface area contributed by atoms with Crippen molar-refractivity contribution in [3.8, 4) is 0 Å². The highest BCUT2D eigenvalue weighted by atomic mass is 16.4. The van der Waals surface area contributed by atoms with Crippen LogP contribution < -0.4 is 11.1 Å². The minimum Gasteiger partial charge on any atom is -0.481 e. The molecule has 0 aliphatic carbocycles. The molecule has 5 nitrogen and oxygen atoms in total. The first kappa shape index (κ1) is 16.0. The van der Waals surface area contributed by atoms with Crippen molar-refractivity contribution in [3.05, 3.63) is 29.8 Å². The van der Waals surface area contributed by atoms with Gasteiger partial charge in [-0.25, -0.2) is 0 Å². The van der Waals surface area contributed by atoms with Crippen molar-refractivity contribution >= 4 is 17.6 Å². The van der Waals surface area contributed by atoms with Crippen LogP contribution in [0.15, 0.2) is 24.3 Å². The van der Waals surface area contributed by atoms with Crippen molar-refractivity contribution in [1.82, 2.24) is 0 Å². The highest BCUT2D eigenvalue weighted by molar-refractivity contribution is 5.93. The summed E-state index contributed by atoms with van der Waals surface area (Å²) >= 11 is 0. The molecule has 0 spiro atoms. The number of aliphatic carboxylic acids is 1. The average molecular weight is 278 g/mol. The Balaban J connectivity index is 2.35. The van der Waals surface area contributed by atoms with Gasteiger partial charge < -0.3 is 16.2 Å². The first-order chi connectivity index (χ1) is 9.52. The molecule has 1 aromatic rings. The molecule has 0 aliphatic heterocycles. The molecule has 0 fully saturated rings. The van der Waals surface area contributed by atoms with Crippen molar-refractivity contribution < 1.29 is 14.7 Å². The van der Waals surface area contributed by atoms with Crippen molar-refractivity contribution in [3.63, 3.8) is 0 Å². The normalized spacial score (nSPS) is 11.8. The molecule has 0 aromatic heterocycles. The molecule has 1 rings (SSSR count). The summed E-state index contributed by atoms with van der Waals surface area (Å²) in [6, 6.07) is 7.01. The van der Waals surface area contributed by atoms with Gasteiger partial charge in [0.15, 0.2) is 0 Å². The number of amides is 1. The molecule has 0 aliphatic rings. The zero-order valence-electron chi connectivity index (χ0n) is 11.8. The molecule has 0 saturated carbocycles. The lowest BCUT2D eigenvalue weighted by atomic mass is 9.96. The summed E-state index contributed by atoms with van der Waals surface area (Å²) in [6.45, 7) is 2.86. The van der Waals surface area contributed by atoms with Crippen LogP contribution in [0.2, 0.25) is 0 Å². The van der Waals surface area contributed by atoms with E-state index in [1.165, 1.54) is 0 Å². The van der Waals surface area contributed by atoms with E-state index in [2.05, 4.69) is 12.2 Å². The van der Waals surface area contributed by atoms with Crippen LogP contribution in [-0.2, 0) is 4.79 Å². The SMILES string of the molecule is CCC(CCNc1ccc(C(N)=O)cc1)CCC(=O)O. The van der Waals surface area contributed by atoms with Gasteiger partial charge in [0.2, 0.25) is 5.91 Å². The number of anilines is 1. The average Bonchev–Trinajstić information content (AvgIpc) is 2.42. The van der Waals surface area contributed by atoms with Crippen LogP contribution in [0.25, 0.3) is 0 Å². The summed E-state index contributed by atoms with van der Waals surface area (Å²) in [5, 5.41) is 11.9. The lowest BCUT2D eigenvalue weighted by Gasteiger charge is -2.14. The maximum atomic E-state index is 10.9.